The number of ether oxygens (including phenoxy) is 1. The summed E-state index contributed by atoms with van der Waals surface area (Å²) in [6.07, 6.45) is 3.81. The summed E-state index contributed by atoms with van der Waals surface area (Å²) in [5.74, 6) is 1.53. The van der Waals surface area contributed by atoms with Gasteiger partial charge in [0, 0.05) is 5.92 Å². The van der Waals surface area contributed by atoms with E-state index in [-0.39, 0.29) is 5.60 Å². The van der Waals surface area contributed by atoms with Crippen LogP contribution in [0.2, 0.25) is 0 Å². The van der Waals surface area contributed by atoms with Gasteiger partial charge in [0.15, 0.2) is 0 Å². The summed E-state index contributed by atoms with van der Waals surface area (Å²) in [6, 6.07) is 0. The molecule has 2 saturated carbocycles. The Morgan fingerprint density at radius 1 is 1.31 bits per heavy atom. The monoisotopic (exact) mass is 182 g/mol. The summed E-state index contributed by atoms with van der Waals surface area (Å²) in [6.45, 7) is 6.25. The first-order valence-electron chi connectivity index (χ1n) is 5.16. The third-order valence-electron chi connectivity index (χ3n) is 3.17. The fraction of sp³-hybridized carbons (Fsp3) is 0.909. The van der Waals surface area contributed by atoms with Crippen LogP contribution in [0.25, 0.3) is 0 Å². The van der Waals surface area contributed by atoms with Gasteiger partial charge < -0.3 is 9.53 Å². The molecule has 2 aliphatic rings. The van der Waals surface area contributed by atoms with E-state index in [4.69, 9.17) is 4.74 Å². The zero-order chi connectivity index (χ0) is 9.64. The Labute approximate surface area is 79.7 Å². The van der Waals surface area contributed by atoms with E-state index in [1.807, 2.05) is 0 Å². The molecule has 0 saturated heterocycles. The summed E-state index contributed by atoms with van der Waals surface area (Å²) in [5.41, 5.74) is -0.0599. The van der Waals surface area contributed by atoms with Gasteiger partial charge in [-0.1, -0.05) is 0 Å². The topological polar surface area (TPSA) is 26.3 Å². The minimum atomic E-state index is -0.0599. The first-order chi connectivity index (χ1) is 6.03. The standard InChI is InChI=1S/C11H18O2/c1-11(2,3)13-9-5-4-7-8(6-12)10(7)9/h6-10H,4-5H2,1-3H3. The van der Waals surface area contributed by atoms with Crippen molar-refractivity contribution in [2.24, 2.45) is 17.8 Å². The Morgan fingerprint density at radius 2 is 2.00 bits per heavy atom. The molecule has 0 aromatic rings. The molecule has 0 aliphatic heterocycles. The average Bonchev–Trinajstić information content (AvgIpc) is 2.57. The van der Waals surface area contributed by atoms with Gasteiger partial charge in [0.05, 0.1) is 11.7 Å². The van der Waals surface area contributed by atoms with Crippen LogP contribution in [-0.4, -0.2) is 18.0 Å². The van der Waals surface area contributed by atoms with E-state index in [0.717, 1.165) is 12.7 Å². The van der Waals surface area contributed by atoms with Crippen molar-refractivity contribution in [1.29, 1.82) is 0 Å². The van der Waals surface area contributed by atoms with Crippen molar-refractivity contribution in [3.8, 4) is 0 Å². The van der Waals surface area contributed by atoms with Crippen molar-refractivity contribution in [3.63, 3.8) is 0 Å². The summed E-state index contributed by atoms with van der Waals surface area (Å²) < 4.78 is 5.93. The third-order valence-corrected chi connectivity index (χ3v) is 3.17. The average molecular weight is 182 g/mol. The van der Waals surface area contributed by atoms with E-state index in [9.17, 15) is 4.79 Å². The Hall–Kier alpha value is -0.370. The van der Waals surface area contributed by atoms with Crippen LogP contribution >= 0.6 is 0 Å². The molecule has 4 atom stereocenters. The van der Waals surface area contributed by atoms with Crippen molar-refractivity contribution in [3.05, 3.63) is 0 Å². The molecular formula is C11H18O2. The van der Waals surface area contributed by atoms with Crippen LogP contribution in [0.3, 0.4) is 0 Å². The second-order valence-corrected chi connectivity index (χ2v) is 5.30. The molecule has 2 aliphatic carbocycles. The van der Waals surface area contributed by atoms with Crippen LogP contribution in [0.4, 0.5) is 0 Å². The highest BCUT2D eigenvalue weighted by Gasteiger charge is 2.58. The van der Waals surface area contributed by atoms with Crippen molar-refractivity contribution >= 4 is 6.29 Å². The van der Waals surface area contributed by atoms with Crippen LogP contribution in [-0.2, 0) is 9.53 Å². The first kappa shape index (κ1) is 9.20. The van der Waals surface area contributed by atoms with E-state index >= 15 is 0 Å². The van der Waals surface area contributed by atoms with Gasteiger partial charge in [0.2, 0.25) is 0 Å². The van der Waals surface area contributed by atoms with Crippen LogP contribution in [0.1, 0.15) is 33.6 Å². The van der Waals surface area contributed by atoms with Crippen molar-refractivity contribution in [2.45, 2.75) is 45.3 Å². The van der Waals surface area contributed by atoms with Gasteiger partial charge in [0.25, 0.3) is 0 Å². The zero-order valence-corrected chi connectivity index (χ0v) is 8.62. The molecule has 13 heavy (non-hydrogen) atoms. The molecule has 4 unspecified atom stereocenters. The molecule has 0 heterocycles. The summed E-state index contributed by atoms with van der Waals surface area (Å²) in [5, 5.41) is 0. The highest BCUT2D eigenvalue weighted by molar-refractivity contribution is 5.60. The van der Waals surface area contributed by atoms with E-state index in [1.54, 1.807) is 0 Å². The van der Waals surface area contributed by atoms with Crippen LogP contribution < -0.4 is 0 Å². The molecule has 0 aromatic carbocycles. The molecule has 74 valence electrons. The highest BCUT2D eigenvalue weighted by Crippen LogP contribution is 2.57. The van der Waals surface area contributed by atoms with Gasteiger partial charge in [-0.3, -0.25) is 0 Å². The lowest BCUT2D eigenvalue weighted by Gasteiger charge is -2.26. The summed E-state index contributed by atoms with van der Waals surface area (Å²) >= 11 is 0. The lowest BCUT2D eigenvalue weighted by Crippen LogP contribution is -2.28. The van der Waals surface area contributed by atoms with Gasteiger partial charge in [-0.05, 0) is 45.4 Å². The summed E-state index contributed by atoms with van der Waals surface area (Å²) in [7, 11) is 0. The predicted molar refractivity (Wildman–Crippen MR) is 50.4 cm³/mol. The Balaban J connectivity index is 1.92. The quantitative estimate of drug-likeness (QED) is 0.611. The molecule has 0 amide bonds. The maximum atomic E-state index is 10.6. The van der Waals surface area contributed by atoms with Gasteiger partial charge >= 0.3 is 0 Å². The smallest absolute Gasteiger partial charge is 0.123 e. The molecule has 2 rings (SSSR count). The molecule has 0 aromatic heterocycles. The zero-order valence-electron chi connectivity index (χ0n) is 8.62. The molecule has 2 fully saturated rings. The molecule has 0 bridgehead atoms. The van der Waals surface area contributed by atoms with Crippen LogP contribution in [0.5, 0.6) is 0 Å². The fourth-order valence-corrected chi connectivity index (χ4v) is 2.67. The normalized spacial score (nSPS) is 43.0. The van der Waals surface area contributed by atoms with E-state index < -0.39 is 0 Å². The van der Waals surface area contributed by atoms with Crippen LogP contribution in [0, 0.1) is 17.8 Å². The number of fused-ring (bicyclic) bond motifs is 1. The molecule has 2 heteroatoms. The molecule has 0 radical (unpaired) electrons. The molecule has 0 spiro atoms. The SMILES string of the molecule is CC(C)(C)OC1CCC2C(C=O)C12. The fourth-order valence-electron chi connectivity index (χ4n) is 2.67. The molecule has 0 N–H and O–H groups in total. The highest BCUT2D eigenvalue weighted by atomic mass is 16.5. The number of carbonyl (C=O) groups is 1. The first-order valence-corrected chi connectivity index (χ1v) is 5.16. The molecular weight excluding hydrogens is 164 g/mol. The number of aldehydes is 1. The van der Waals surface area contributed by atoms with E-state index in [1.165, 1.54) is 6.42 Å². The van der Waals surface area contributed by atoms with Gasteiger partial charge in [0.1, 0.15) is 6.29 Å². The van der Waals surface area contributed by atoms with Crippen molar-refractivity contribution in [1.82, 2.24) is 0 Å². The number of hydrogen-bond donors (Lipinski definition) is 0. The Morgan fingerprint density at radius 3 is 2.46 bits per heavy atom. The van der Waals surface area contributed by atoms with E-state index in [2.05, 4.69) is 20.8 Å². The van der Waals surface area contributed by atoms with Crippen molar-refractivity contribution < 1.29 is 9.53 Å². The largest absolute Gasteiger partial charge is 0.372 e. The lowest BCUT2D eigenvalue weighted by molar-refractivity contribution is -0.111. The van der Waals surface area contributed by atoms with Gasteiger partial charge in [-0.2, -0.15) is 0 Å². The third kappa shape index (κ3) is 1.64. The van der Waals surface area contributed by atoms with Crippen LogP contribution in [0.15, 0.2) is 0 Å². The maximum absolute atomic E-state index is 10.6. The van der Waals surface area contributed by atoms with Gasteiger partial charge in [-0.25, -0.2) is 0 Å². The number of carbonyl (C=O) groups excluding carboxylic acids is 1. The number of hydrogen-bond acceptors (Lipinski definition) is 2. The predicted octanol–water partition coefficient (Wildman–Crippen LogP) is 2.02. The number of rotatable bonds is 2. The Kier molecular flexibility index (Phi) is 1.99. The van der Waals surface area contributed by atoms with E-state index in [0.29, 0.717) is 23.9 Å². The second-order valence-electron chi connectivity index (χ2n) is 5.30. The van der Waals surface area contributed by atoms with Gasteiger partial charge in [-0.15, -0.1) is 0 Å². The Bertz CT molecular complexity index is 217. The minimum Gasteiger partial charge on any atom is -0.372 e. The minimum absolute atomic E-state index is 0.0599. The second kappa shape index (κ2) is 2.81. The molecule has 2 nitrogen and oxygen atoms in total. The lowest BCUT2D eigenvalue weighted by atomic mass is 10.1. The van der Waals surface area contributed by atoms with Crippen molar-refractivity contribution in [2.75, 3.05) is 0 Å². The maximum Gasteiger partial charge on any atom is 0.123 e. The summed E-state index contributed by atoms with van der Waals surface area (Å²) in [4.78, 5) is 10.6.